The van der Waals surface area contributed by atoms with E-state index in [2.05, 4.69) is 10.1 Å². The summed E-state index contributed by atoms with van der Waals surface area (Å²) in [6.45, 7) is -2.94. The van der Waals surface area contributed by atoms with Crippen LogP contribution in [0, 0.1) is 0 Å². The number of alkyl halides is 2. The Hall–Kier alpha value is -2.71. The standard InChI is InChI=1S/C17H11ClF2N2O3S/c18-13-11-6-5-10(25-17(19)20)7-12(11)26-14(13)16(24)22-9-3-1-8(2-4-9)15(21)23/h1-7,17H,(H2,21,23)(H,22,24). The van der Waals surface area contributed by atoms with Gasteiger partial charge in [-0.2, -0.15) is 8.78 Å². The number of rotatable bonds is 5. The molecule has 1 aromatic heterocycles. The molecule has 2 aromatic carbocycles. The zero-order chi connectivity index (χ0) is 18.8. The minimum absolute atomic E-state index is 0.0144. The van der Waals surface area contributed by atoms with Crippen molar-refractivity contribution < 1.29 is 23.1 Å². The van der Waals surface area contributed by atoms with Gasteiger partial charge in [0.15, 0.2) is 0 Å². The van der Waals surface area contributed by atoms with Gasteiger partial charge in [-0.15, -0.1) is 11.3 Å². The maximum atomic E-state index is 12.5. The Morgan fingerprint density at radius 1 is 1.15 bits per heavy atom. The fourth-order valence-electron chi connectivity index (χ4n) is 2.27. The normalized spacial score (nSPS) is 10.9. The van der Waals surface area contributed by atoms with Crippen LogP contribution in [0.4, 0.5) is 14.5 Å². The number of halogens is 3. The Balaban J connectivity index is 1.85. The van der Waals surface area contributed by atoms with Gasteiger partial charge in [0.25, 0.3) is 5.91 Å². The molecule has 134 valence electrons. The number of anilines is 1. The Labute approximate surface area is 155 Å². The number of nitrogens with one attached hydrogen (secondary N) is 1. The van der Waals surface area contributed by atoms with Crippen molar-refractivity contribution in [3.63, 3.8) is 0 Å². The summed E-state index contributed by atoms with van der Waals surface area (Å²) in [5.41, 5.74) is 5.93. The molecule has 0 bridgehead atoms. The lowest BCUT2D eigenvalue weighted by Crippen LogP contribution is -2.12. The number of primary amides is 1. The van der Waals surface area contributed by atoms with Gasteiger partial charge in [0.05, 0.1) is 5.02 Å². The van der Waals surface area contributed by atoms with Gasteiger partial charge < -0.3 is 15.8 Å². The van der Waals surface area contributed by atoms with Crippen molar-refractivity contribution in [2.24, 2.45) is 5.73 Å². The second-order valence-corrected chi connectivity index (χ2v) is 6.61. The molecule has 0 atom stereocenters. The first-order valence-corrected chi connectivity index (χ1v) is 8.42. The van der Waals surface area contributed by atoms with Gasteiger partial charge in [-0.1, -0.05) is 11.6 Å². The SMILES string of the molecule is NC(=O)c1ccc(NC(=O)c2sc3cc(OC(F)F)ccc3c2Cl)cc1. The smallest absolute Gasteiger partial charge is 0.387 e. The van der Waals surface area contributed by atoms with Crippen molar-refractivity contribution in [1.82, 2.24) is 0 Å². The average molecular weight is 397 g/mol. The molecular weight excluding hydrogens is 386 g/mol. The summed E-state index contributed by atoms with van der Waals surface area (Å²) >= 11 is 7.30. The fourth-order valence-corrected chi connectivity index (χ4v) is 3.71. The van der Waals surface area contributed by atoms with Crippen molar-refractivity contribution >= 4 is 50.5 Å². The first-order valence-electron chi connectivity index (χ1n) is 7.23. The summed E-state index contributed by atoms with van der Waals surface area (Å²) in [7, 11) is 0. The molecule has 0 radical (unpaired) electrons. The molecule has 3 rings (SSSR count). The van der Waals surface area contributed by atoms with E-state index in [-0.39, 0.29) is 15.6 Å². The van der Waals surface area contributed by atoms with Gasteiger partial charge >= 0.3 is 6.61 Å². The molecule has 3 aromatic rings. The van der Waals surface area contributed by atoms with Gasteiger partial charge in [0.2, 0.25) is 5.91 Å². The van der Waals surface area contributed by atoms with Crippen molar-refractivity contribution in [3.8, 4) is 5.75 Å². The van der Waals surface area contributed by atoms with Gasteiger partial charge in [0, 0.05) is 21.3 Å². The zero-order valence-electron chi connectivity index (χ0n) is 13.0. The van der Waals surface area contributed by atoms with E-state index in [0.29, 0.717) is 21.3 Å². The third-order valence-electron chi connectivity index (χ3n) is 3.46. The molecule has 0 saturated carbocycles. The largest absolute Gasteiger partial charge is 0.435 e. The minimum atomic E-state index is -2.94. The molecule has 2 amide bonds. The van der Waals surface area contributed by atoms with Crippen LogP contribution in [0.25, 0.3) is 10.1 Å². The molecule has 0 fully saturated rings. The number of ether oxygens (including phenoxy) is 1. The maximum absolute atomic E-state index is 12.5. The summed E-state index contributed by atoms with van der Waals surface area (Å²) in [6, 6.07) is 10.3. The third-order valence-corrected chi connectivity index (χ3v) is 5.12. The van der Waals surface area contributed by atoms with Gasteiger partial charge in [-0.25, -0.2) is 0 Å². The lowest BCUT2D eigenvalue weighted by molar-refractivity contribution is -0.0497. The highest BCUT2D eigenvalue weighted by Crippen LogP contribution is 2.37. The second kappa shape index (κ2) is 7.27. The highest BCUT2D eigenvalue weighted by Gasteiger charge is 2.18. The van der Waals surface area contributed by atoms with Crippen molar-refractivity contribution in [2.45, 2.75) is 6.61 Å². The summed E-state index contributed by atoms with van der Waals surface area (Å²) in [5.74, 6) is -1.05. The quantitative estimate of drug-likeness (QED) is 0.665. The van der Waals surface area contributed by atoms with Crippen LogP contribution in [0.5, 0.6) is 5.75 Å². The zero-order valence-corrected chi connectivity index (χ0v) is 14.5. The molecule has 9 heteroatoms. The number of benzene rings is 2. The Bertz CT molecular complexity index is 990. The van der Waals surface area contributed by atoms with Crippen LogP contribution in [0.3, 0.4) is 0 Å². The molecule has 0 aliphatic carbocycles. The number of carbonyl (C=O) groups excluding carboxylic acids is 2. The lowest BCUT2D eigenvalue weighted by Gasteiger charge is -2.04. The lowest BCUT2D eigenvalue weighted by atomic mass is 10.2. The van der Waals surface area contributed by atoms with E-state index in [9.17, 15) is 18.4 Å². The Morgan fingerprint density at radius 3 is 2.46 bits per heavy atom. The van der Waals surface area contributed by atoms with Crippen LogP contribution in [0.15, 0.2) is 42.5 Å². The molecule has 5 nitrogen and oxygen atoms in total. The number of carbonyl (C=O) groups is 2. The summed E-state index contributed by atoms with van der Waals surface area (Å²) in [6.07, 6.45) is 0. The molecule has 0 aliphatic heterocycles. The first-order chi connectivity index (χ1) is 12.3. The molecule has 3 N–H and O–H groups in total. The number of fused-ring (bicyclic) bond motifs is 1. The molecule has 0 saturated heterocycles. The number of thiophene rings is 1. The number of amides is 2. The predicted octanol–water partition coefficient (Wildman–Crippen LogP) is 4.51. The van der Waals surface area contributed by atoms with E-state index >= 15 is 0 Å². The van der Waals surface area contributed by atoms with Crippen LogP contribution < -0.4 is 15.8 Å². The fraction of sp³-hybridized carbons (Fsp3) is 0.0588. The van der Waals surface area contributed by atoms with Crippen LogP contribution in [-0.2, 0) is 0 Å². The topological polar surface area (TPSA) is 81.4 Å². The molecule has 0 unspecified atom stereocenters. The first kappa shape index (κ1) is 18.1. The van der Waals surface area contributed by atoms with E-state index in [0.717, 1.165) is 11.3 Å². The van der Waals surface area contributed by atoms with E-state index in [1.165, 1.54) is 42.5 Å². The van der Waals surface area contributed by atoms with Crippen molar-refractivity contribution in [3.05, 3.63) is 57.9 Å². The average Bonchev–Trinajstić information content (AvgIpc) is 2.91. The molecule has 1 heterocycles. The highest BCUT2D eigenvalue weighted by atomic mass is 35.5. The van der Waals surface area contributed by atoms with Crippen LogP contribution in [0.2, 0.25) is 5.02 Å². The van der Waals surface area contributed by atoms with Crippen LogP contribution >= 0.6 is 22.9 Å². The number of hydrogen-bond donors (Lipinski definition) is 2. The summed E-state index contributed by atoms with van der Waals surface area (Å²) in [5, 5.41) is 3.44. The monoisotopic (exact) mass is 396 g/mol. The van der Waals surface area contributed by atoms with Gasteiger partial charge in [0.1, 0.15) is 10.6 Å². The minimum Gasteiger partial charge on any atom is -0.435 e. The molecule has 0 spiro atoms. The number of nitrogens with two attached hydrogens (primary N) is 1. The van der Waals surface area contributed by atoms with E-state index in [1.54, 1.807) is 0 Å². The summed E-state index contributed by atoms with van der Waals surface area (Å²) < 4.78 is 29.5. The summed E-state index contributed by atoms with van der Waals surface area (Å²) in [4.78, 5) is 23.7. The number of hydrogen-bond acceptors (Lipinski definition) is 4. The Kier molecular flexibility index (Phi) is 5.06. The maximum Gasteiger partial charge on any atom is 0.387 e. The molecule has 0 aliphatic rings. The Morgan fingerprint density at radius 2 is 1.85 bits per heavy atom. The van der Waals surface area contributed by atoms with E-state index < -0.39 is 18.4 Å². The van der Waals surface area contributed by atoms with Crippen LogP contribution in [-0.4, -0.2) is 18.4 Å². The van der Waals surface area contributed by atoms with E-state index in [4.69, 9.17) is 17.3 Å². The second-order valence-electron chi connectivity index (χ2n) is 5.18. The molecule has 26 heavy (non-hydrogen) atoms. The molecular formula is C17H11ClF2N2O3S. The highest BCUT2D eigenvalue weighted by molar-refractivity contribution is 7.21. The van der Waals surface area contributed by atoms with Gasteiger partial charge in [-0.3, -0.25) is 9.59 Å². The van der Waals surface area contributed by atoms with Crippen LogP contribution in [0.1, 0.15) is 20.0 Å². The third kappa shape index (κ3) is 3.76. The van der Waals surface area contributed by atoms with E-state index in [1.807, 2.05) is 0 Å². The van der Waals surface area contributed by atoms with Crippen molar-refractivity contribution in [1.29, 1.82) is 0 Å². The van der Waals surface area contributed by atoms with Gasteiger partial charge in [-0.05, 0) is 42.5 Å². The predicted molar refractivity (Wildman–Crippen MR) is 96.4 cm³/mol. The van der Waals surface area contributed by atoms with Crippen molar-refractivity contribution in [2.75, 3.05) is 5.32 Å².